The fraction of sp³-hybridized carbons (Fsp3) is 0.0435. The summed E-state index contributed by atoms with van der Waals surface area (Å²) in [4.78, 5) is 12.5. The molecule has 0 bridgehead atoms. The number of halogens is 1. The van der Waals surface area contributed by atoms with E-state index in [0.29, 0.717) is 16.4 Å². The van der Waals surface area contributed by atoms with E-state index in [-0.39, 0.29) is 5.91 Å². The maximum Gasteiger partial charge on any atom is 0.255 e. The third kappa shape index (κ3) is 4.00. The molecule has 0 radical (unpaired) electrons. The lowest BCUT2D eigenvalue weighted by molar-refractivity contribution is 0.102. The summed E-state index contributed by atoms with van der Waals surface area (Å²) in [5, 5.41) is 8.15. The van der Waals surface area contributed by atoms with Crippen LogP contribution in [0.25, 0.3) is 16.9 Å². The molecule has 0 aliphatic carbocycles. The first-order chi connectivity index (χ1) is 14.0. The van der Waals surface area contributed by atoms with Gasteiger partial charge in [0.15, 0.2) is 0 Å². The molecule has 4 rings (SSSR count). The number of carbonyl (C=O) groups is 1. The van der Waals surface area contributed by atoms with Crippen molar-refractivity contribution in [3.63, 3.8) is 0 Å². The Labute approximate surface area is 173 Å². The van der Waals surface area contributed by atoms with Gasteiger partial charge in [-0.1, -0.05) is 41.9 Å². The molecule has 144 valence electrons. The molecular formula is C23H19ClN4O. The van der Waals surface area contributed by atoms with Crippen molar-refractivity contribution in [2.75, 3.05) is 11.1 Å². The zero-order chi connectivity index (χ0) is 20.4. The van der Waals surface area contributed by atoms with Crippen LogP contribution in [0.4, 0.5) is 11.5 Å². The van der Waals surface area contributed by atoms with Crippen molar-refractivity contribution in [2.24, 2.45) is 0 Å². The van der Waals surface area contributed by atoms with Gasteiger partial charge in [-0.2, -0.15) is 5.10 Å². The number of aryl methyl sites for hydroxylation is 1. The Kier molecular flexibility index (Phi) is 5.06. The van der Waals surface area contributed by atoms with Crippen LogP contribution in [-0.2, 0) is 0 Å². The lowest BCUT2D eigenvalue weighted by Gasteiger charge is -2.09. The van der Waals surface area contributed by atoms with Crippen molar-refractivity contribution in [1.29, 1.82) is 0 Å². The third-order valence-corrected chi connectivity index (χ3v) is 4.86. The molecule has 0 unspecified atom stereocenters. The molecule has 3 aromatic carbocycles. The Morgan fingerprint density at radius 3 is 2.48 bits per heavy atom. The molecule has 3 N–H and O–H groups in total. The average molecular weight is 403 g/mol. The molecule has 5 nitrogen and oxygen atoms in total. The maximum atomic E-state index is 12.5. The standard InChI is InChI=1S/C23H19ClN4O/c1-15-5-2-3-8-20(15)26-23(29)16-9-11-19(12-10-16)28-22(25)14-21(27-28)17-6-4-7-18(24)13-17/h2-14H,25H2,1H3,(H,26,29). The van der Waals surface area contributed by atoms with E-state index in [1.807, 2.05) is 67.6 Å². The van der Waals surface area contributed by atoms with Crippen LogP contribution in [0.15, 0.2) is 78.9 Å². The number of rotatable bonds is 4. The van der Waals surface area contributed by atoms with Crippen molar-refractivity contribution < 1.29 is 4.79 Å². The fourth-order valence-electron chi connectivity index (χ4n) is 3.05. The second-order valence-corrected chi connectivity index (χ2v) is 7.13. The number of amides is 1. The van der Waals surface area contributed by atoms with Crippen LogP contribution >= 0.6 is 11.6 Å². The summed E-state index contributed by atoms with van der Waals surface area (Å²) in [6, 6.07) is 24.0. The summed E-state index contributed by atoms with van der Waals surface area (Å²) < 4.78 is 1.64. The summed E-state index contributed by atoms with van der Waals surface area (Å²) >= 11 is 6.07. The van der Waals surface area contributed by atoms with Crippen molar-refractivity contribution in [3.05, 3.63) is 95.0 Å². The SMILES string of the molecule is Cc1ccccc1NC(=O)c1ccc(-n2nc(-c3cccc(Cl)c3)cc2N)cc1. The van der Waals surface area contributed by atoms with E-state index in [0.717, 1.165) is 28.2 Å². The smallest absolute Gasteiger partial charge is 0.255 e. The van der Waals surface area contributed by atoms with E-state index in [4.69, 9.17) is 17.3 Å². The van der Waals surface area contributed by atoms with Crippen LogP contribution in [0.2, 0.25) is 5.02 Å². The van der Waals surface area contributed by atoms with Gasteiger partial charge in [0.1, 0.15) is 5.82 Å². The van der Waals surface area contributed by atoms with E-state index in [2.05, 4.69) is 10.4 Å². The second-order valence-electron chi connectivity index (χ2n) is 6.69. The largest absolute Gasteiger partial charge is 0.384 e. The minimum absolute atomic E-state index is 0.168. The van der Waals surface area contributed by atoms with Gasteiger partial charge >= 0.3 is 0 Å². The van der Waals surface area contributed by atoms with Gasteiger partial charge in [0.05, 0.1) is 11.4 Å². The van der Waals surface area contributed by atoms with Crippen molar-refractivity contribution in [1.82, 2.24) is 9.78 Å². The number of hydrogen-bond acceptors (Lipinski definition) is 3. The lowest BCUT2D eigenvalue weighted by Crippen LogP contribution is -2.13. The quantitative estimate of drug-likeness (QED) is 0.484. The lowest BCUT2D eigenvalue weighted by atomic mass is 10.1. The van der Waals surface area contributed by atoms with Crippen LogP contribution in [0, 0.1) is 6.92 Å². The zero-order valence-electron chi connectivity index (χ0n) is 15.8. The molecule has 0 spiro atoms. The fourth-order valence-corrected chi connectivity index (χ4v) is 3.24. The molecule has 0 atom stereocenters. The summed E-state index contributed by atoms with van der Waals surface area (Å²) in [6.45, 7) is 1.96. The monoisotopic (exact) mass is 402 g/mol. The Hall–Kier alpha value is -3.57. The maximum absolute atomic E-state index is 12.5. The highest BCUT2D eigenvalue weighted by Gasteiger charge is 2.11. The van der Waals surface area contributed by atoms with Gasteiger partial charge in [-0.25, -0.2) is 4.68 Å². The molecule has 29 heavy (non-hydrogen) atoms. The summed E-state index contributed by atoms with van der Waals surface area (Å²) in [5.74, 6) is 0.330. The Morgan fingerprint density at radius 2 is 1.76 bits per heavy atom. The Balaban J connectivity index is 1.57. The van der Waals surface area contributed by atoms with Gasteiger partial charge in [-0.3, -0.25) is 4.79 Å². The number of hydrogen-bond donors (Lipinski definition) is 2. The van der Waals surface area contributed by atoms with Crippen LogP contribution in [0.3, 0.4) is 0 Å². The number of aromatic nitrogens is 2. The molecule has 0 fully saturated rings. The van der Waals surface area contributed by atoms with Crippen molar-refractivity contribution in [3.8, 4) is 16.9 Å². The van der Waals surface area contributed by atoms with Gasteiger partial charge in [0.25, 0.3) is 5.91 Å². The predicted octanol–water partition coefficient (Wildman–Crippen LogP) is 5.34. The first-order valence-electron chi connectivity index (χ1n) is 9.10. The molecule has 6 heteroatoms. The van der Waals surface area contributed by atoms with Crippen LogP contribution in [0.1, 0.15) is 15.9 Å². The number of carbonyl (C=O) groups excluding carboxylic acids is 1. The summed E-state index contributed by atoms with van der Waals surface area (Å²) in [5.41, 5.74) is 10.9. The predicted molar refractivity (Wildman–Crippen MR) is 118 cm³/mol. The molecule has 1 heterocycles. The molecule has 0 saturated carbocycles. The summed E-state index contributed by atoms with van der Waals surface area (Å²) in [6.07, 6.45) is 0. The molecule has 4 aromatic rings. The average Bonchev–Trinajstić information content (AvgIpc) is 3.11. The minimum Gasteiger partial charge on any atom is -0.384 e. The minimum atomic E-state index is -0.168. The van der Waals surface area contributed by atoms with E-state index in [1.54, 1.807) is 22.9 Å². The number of para-hydroxylation sites is 1. The van der Waals surface area contributed by atoms with Crippen molar-refractivity contribution >= 4 is 29.0 Å². The number of benzene rings is 3. The first-order valence-corrected chi connectivity index (χ1v) is 9.48. The molecule has 1 aromatic heterocycles. The number of nitrogens with two attached hydrogens (primary N) is 1. The Bertz CT molecular complexity index is 1180. The first kappa shape index (κ1) is 18.8. The van der Waals surface area contributed by atoms with Gasteiger partial charge in [0, 0.05) is 27.9 Å². The molecule has 0 saturated heterocycles. The molecule has 1 amide bonds. The van der Waals surface area contributed by atoms with Gasteiger partial charge in [-0.05, 0) is 55.0 Å². The van der Waals surface area contributed by atoms with Crippen LogP contribution < -0.4 is 11.1 Å². The highest BCUT2D eigenvalue weighted by molar-refractivity contribution is 6.30. The van der Waals surface area contributed by atoms with Crippen LogP contribution in [-0.4, -0.2) is 15.7 Å². The van der Waals surface area contributed by atoms with E-state index in [1.165, 1.54) is 0 Å². The number of nitrogens with zero attached hydrogens (tertiary/aromatic N) is 2. The van der Waals surface area contributed by atoms with Gasteiger partial charge in [0.2, 0.25) is 0 Å². The van der Waals surface area contributed by atoms with E-state index >= 15 is 0 Å². The third-order valence-electron chi connectivity index (χ3n) is 4.62. The number of nitrogens with one attached hydrogen (secondary N) is 1. The molecule has 0 aliphatic heterocycles. The Morgan fingerprint density at radius 1 is 1.00 bits per heavy atom. The topological polar surface area (TPSA) is 72.9 Å². The van der Waals surface area contributed by atoms with Crippen molar-refractivity contribution in [2.45, 2.75) is 6.92 Å². The molecular weight excluding hydrogens is 384 g/mol. The van der Waals surface area contributed by atoms with E-state index < -0.39 is 0 Å². The normalized spacial score (nSPS) is 10.7. The van der Waals surface area contributed by atoms with Crippen LogP contribution in [0.5, 0.6) is 0 Å². The highest BCUT2D eigenvalue weighted by Crippen LogP contribution is 2.25. The second kappa shape index (κ2) is 7.81. The summed E-state index contributed by atoms with van der Waals surface area (Å²) in [7, 11) is 0. The van der Waals surface area contributed by atoms with E-state index in [9.17, 15) is 4.79 Å². The number of nitrogen functional groups attached to an aromatic ring is 1. The van der Waals surface area contributed by atoms with Gasteiger partial charge < -0.3 is 11.1 Å². The highest BCUT2D eigenvalue weighted by atomic mass is 35.5. The molecule has 0 aliphatic rings. The number of anilines is 2. The zero-order valence-corrected chi connectivity index (χ0v) is 16.5. The van der Waals surface area contributed by atoms with Gasteiger partial charge in [-0.15, -0.1) is 0 Å².